The molecule has 41 heavy (non-hydrogen) atoms. The fourth-order valence-corrected chi connectivity index (χ4v) is 7.03. The van der Waals surface area contributed by atoms with Crippen molar-refractivity contribution in [1.29, 1.82) is 0 Å². The molecule has 4 nitrogen and oxygen atoms in total. The van der Waals surface area contributed by atoms with Crippen LogP contribution in [0.4, 0.5) is 13.2 Å². The first-order valence-corrected chi connectivity index (χ1v) is 17.6. The Hall–Kier alpha value is -2.00. The van der Waals surface area contributed by atoms with E-state index in [1.807, 2.05) is 0 Å². The predicted octanol–water partition coefficient (Wildman–Crippen LogP) is 9.14. The van der Waals surface area contributed by atoms with E-state index >= 15 is 0 Å². The third-order valence-electron chi connectivity index (χ3n) is 8.99. The summed E-state index contributed by atoms with van der Waals surface area (Å²) in [6.07, 6.45) is -1.43. The van der Waals surface area contributed by atoms with Crippen molar-refractivity contribution in [1.82, 2.24) is 4.98 Å². The summed E-state index contributed by atoms with van der Waals surface area (Å²) in [5.41, 5.74) is 5.17. The van der Waals surface area contributed by atoms with Crippen molar-refractivity contribution in [3.63, 3.8) is 0 Å². The second-order valence-electron chi connectivity index (χ2n) is 14.3. The van der Waals surface area contributed by atoms with Crippen LogP contribution in [-0.2, 0) is 21.8 Å². The lowest BCUT2D eigenvalue weighted by Gasteiger charge is -2.45. The molecule has 1 unspecified atom stereocenters. The Balaban J connectivity index is 2.01. The summed E-state index contributed by atoms with van der Waals surface area (Å²) in [7, 11) is -2.20. The van der Waals surface area contributed by atoms with Gasteiger partial charge < -0.3 is 14.3 Å². The number of rotatable bonds is 6. The first-order chi connectivity index (χ1) is 18.8. The molecule has 2 atom stereocenters. The molecule has 8 heteroatoms. The van der Waals surface area contributed by atoms with Gasteiger partial charge in [0.15, 0.2) is 8.32 Å². The van der Waals surface area contributed by atoms with Gasteiger partial charge in [-0.25, -0.2) is 0 Å². The highest BCUT2D eigenvalue weighted by Crippen LogP contribution is 2.51. The molecule has 0 radical (unpaired) electrons. The molecule has 2 heterocycles. The number of hydrogen-bond donors (Lipinski definition) is 1. The van der Waals surface area contributed by atoms with Crippen LogP contribution >= 0.6 is 0 Å². The minimum Gasteiger partial charge on any atom is -0.410 e. The quantitative estimate of drug-likeness (QED) is 0.341. The minimum absolute atomic E-state index is 0.000732. The van der Waals surface area contributed by atoms with Crippen molar-refractivity contribution in [2.75, 3.05) is 13.2 Å². The number of nitrogens with zero attached hydrogens (tertiary/aromatic N) is 1. The van der Waals surface area contributed by atoms with Gasteiger partial charge in [0.2, 0.25) is 0 Å². The first kappa shape index (κ1) is 31.9. The second-order valence-corrected chi connectivity index (χ2v) is 19.0. The van der Waals surface area contributed by atoms with Crippen molar-refractivity contribution in [3.8, 4) is 0 Å². The Morgan fingerprint density at radius 3 is 2.24 bits per heavy atom. The number of pyridine rings is 1. The van der Waals surface area contributed by atoms with Gasteiger partial charge in [-0.15, -0.1) is 0 Å². The van der Waals surface area contributed by atoms with Crippen molar-refractivity contribution in [2.45, 2.75) is 110 Å². The molecule has 1 aromatic heterocycles. The van der Waals surface area contributed by atoms with Gasteiger partial charge in [0.05, 0.1) is 24.9 Å². The third kappa shape index (κ3) is 6.66. The standard InChI is InChI=1S/C33H46F3NO3Si/c1-20(2)29-28(30(38)22-10-12-23(13-11-22)33(34,35)36)26(21-14-16-39-17-15-21)27-24(37-29)18-32(6,7)19-25(27)40-41(8,9)31(3,4)5/h10-14,20,25,30,38H,15-19H2,1-9H3/t25?,30-/m1/s1. The topological polar surface area (TPSA) is 51.6 Å². The molecule has 0 amide bonds. The normalized spacial score (nSPS) is 20.5. The van der Waals surface area contributed by atoms with Crippen LogP contribution in [0.25, 0.3) is 5.57 Å². The van der Waals surface area contributed by atoms with E-state index in [-0.39, 0.29) is 22.5 Å². The van der Waals surface area contributed by atoms with Crippen LogP contribution in [0.5, 0.6) is 0 Å². The van der Waals surface area contributed by atoms with Crippen molar-refractivity contribution >= 4 is 13.9 Å². The van der Waals surface area contributed by atoms with E-state index in [1.165, 1.54) is 12.1 Å². The summed E-state index contributed by atoms with van der Waals surface area (Å²) in [6.45, 7) is 20.9. The number of halogens is 3. The maximum Gasteiger partial charge on any atom is 0.416 e. The third-order valence-corrected chi connectivity index (χ3v) is 13.5. The molecule has 0 bridgehead atoms. The molecule has 1 N–H and O–H groups in total. The number of benzene rings is 1. The molecule has 2 aliphatic rings. The Morgan fingerprint density at radius 2 is 1.73 bits per heavy atom. The van der Waals surface area contributed by atoms with E-state index in [1.54, 1.807) is 0 Å². The zero-order chi connectivity index (χ0) is 30.5. The summed E-state index contributed by atoms with van der Waals surface area (Å²) in [5.74, 6) is -0.0108. The van der Waals surface area contributed by atoms with Crippen LogP contribution in [0.15, 0.2) is 30.3 Å². The highest BCUT2D eigenvalue weighted by molar-refractivity contribution is 6.74. The number of aromatic nitrogens is 1. The molecule has 2 aromatic rings. The van der Waals surface area contributed by atoms with Gasteiger partial charge >= 0.3 is 6.18 Å². The van der Waals surface area contributed by atoms with E-state index in [2.05, 4.69) is 67.6 Å². The molecule has 4 rings (SSSR count). The molecule has 1 aliphatic heterocycles. The monoisotopic (exact) mass is 589 g/mol. The van der Waals surface area contributed by atoms with Gasteiger partial charge in [0.25, 0.3) is 0 Å². The minimum atomic E-state index is -4.45. The molecule has 1 aliphatic carbocycles. The fraction of sp³-hybridized carbons (Fsp3) is 0.606. The Bertz CT molecular complexity index is 1290. The van der Waals surface area contributed by atoms with Gasteiger partial charge in [-0.3, -0.25) is 4.98 Å². The van der Waals surface area contributed by atoms with Crippen molar-refractivity contribution in [2.24, 2.45) is 5.41 Å². The number of aliphatic hydroxyl groups excluding tert-OH is 1. The zero-order valence-electron chi connectivity index (χ0n) is 26.0. The summed E-state index contributed by atoms with van der Waals surface area (Å²) in [6, 6.07) is 4.84. The van der Waals surface area contributed by atoms with Crippen LogP contribution in [0.2, 0.25) is 18.1 Å². The Labute approximate surface area is 244 Å². The van der Waals surface area contributed by atoms with E-state index in [9.17, 15) is 18.3 Å². The lowest BCUT2D eigenvalue weighted by molar-refractivity contribution is -0.137. The number of ether oxygens (including phenoxy) is 1. The van der Waals surface area contributed by atoms with E-state index in [4.69, 9.17) is 14.1 Å². The molecule has 1 aromatic carbocycles. The van der Waals surface area contributed by atoms with Gasteiger partial charge in [0.1, 0.15) is 6.10 Å². The SMILES string of the molecule is CC(C)c1nc2c(c(C3=CCOCC3)c1[C@H](O)c1ccc(C(F)(F)F)cc1)C(O[Si](C)(C)C(C)(C)C)CC(C)(C)C2. The van der Waals surface area contributed by atoms with Crippen molar-refractivity contribution in [3.05, 3.63) is 69.5 Å². The Morgan fingerprint density at radius 1 is 1.10 bits per heavy atom. The molecule has 0 spiro atoms. The first-order valence-electron chi connectivity index (χ1n) is 14.7. The summed E-state index contributed by atoms with van der Waals surface area (Å²) >= 11 is 0. The van der Waals surface area contributed by atoms with Crippen LogP contribution in [0, 0.1) is 5.41 Å². The lowest BCUT2D eigenvalue weighted by Crippen LogP contribution is -2.44. The van der Waals surface area contributed by atoms with Gasteiger partial charge in [-0.05, 0) is 77.6 Å². The summed E-state index contributed by atoms with van der Waals surface area (Å²) in [5, 5.41) is 12.0. The van der Waals surface area contributed by atoms with Gasteiger partial charge in [-0.1, -0.05) is 66.7 Å². The zero-order valence-corrected chi connectivity index (χ0v) is 27.0. The maximum absolute atomic E-state index is 13.3. The number of aliphatic hydroxyl groups is 1. The number of fused-ring (bicyclic) bond motifs is 1. The molecular formula is C33H46F3NO3Si. The molecule has 226 valence electrons. The average Bonchev–Trinajstić information content (AvgIpc) is 2.85. The highest BCUT2D eigenvalue weighted by Gasteiger charge is 2.45. The highest BCUT2D eigenvalue weighted by atomic mass is 28.4. The van der Waals surface area contributed by atoms with Crippen LogP contribution in [0.1, 0.15) is 119 Å². The molecule has 0 fully saturated rings. The molecule has 0 saturated heterocycles. The summed E-state index contributed by atoms with van der Waals surface area (Å²) < 4.78 is 52.8. The maximum atomic E-state index is 13.3. The Kier molecular flexibility index (Phi) is 8.76. The lowest BCUT2D eigenvalue weighted by atomic mass is 9.71. The average molecular weight is 590 g/mol. The molecular weight excluding hydrogens is 543 g/mol. The number of alkyl halides is 3. The van der Waals surface area contributed by atoms with Crippen LogP contribution < -0.4 is 0 Å². The van der Waals surface area contributed by atoms with E-state index < -0.39 is 26.2 Å². The second kappa shape index (κ2) is 11.2. The van der Waals surface area contributed by atoms with Gasteiger partial charge in [0, 0.05) is 22.5 Å². The fourth-order valence-electron chi connectivity index (χ4n) is 5.77. The van der Waals surface area contributed by atoms with Crippen molar-refractivity contribution < 1.29 is 27.4 Å². The smallest absolute Gasteiger partial charge is 0.410 e. The van der Waals surface area contributed by atoms with E-state index in [0.29, 0.717) is 30.8 Å². The predicted molar refractivity (Wildman–Crippen MR) is 160 cm³/mol. The largest absolute Gasteiger partial charge is 0.416 e. The van der Waals surface area contributed by atoms with E-state index in [0.717, 1.165) is 53.1 Å². The number of hydrogen-bond acceptors (Lipinski definition) is 4. The van der Waals surface area contributed by atoms with Gasteiger partial charge in [-0.2, -0.15) is 13.2 Å². The van der Waals surface area contributed by atoms with Crippen LogP contribution in [-0.4, -0.2) is 31.6 Å². The van der Waals surface area contributed by atoms with Crippen LogP contribution in [0.3, 0.4) is 0 Å². The summed E-state index contributed by atoms with van der Waals surface area (Å²) in [4.78, 5) is 5.25. The molecule has 0 saturated carbocycles.